The van der Waals surface area contributed by atoms with Crippen LogP contribution in [0.15, 0.2) is 0 Å². The average Bonchev–Trinajstić information content (AvgIpc) is 2.54. The largest absolute Gasteiger partial charge is 0.323 e. The van der Waals surface area contributed by atoms with Gasteiger partial charge in [-0.05, 0) is 43.4 Å². The lowest BCUT2D eigenvalue weighted by molar-refractivity contribution is 0.0912. The van der Waals surface area contributed by atoms with Crippen molar-refractivity contribution in [2.75, 3.05) is 6.54 Å². The molecule has 108 valence electrons. The van der Waals surface area contributed by atoms with Crippen LogP contribution in [0.3, 0.4) is 0 Å². The molecule has 1 saturated carbocycles. The van der Waals surface area contributed by atoms with Crippen LogP contribution in [0, 0.1) is 16.7 Å². The first-order valence-corrected chi connectivity index (χ1v) is 7.49. The highest BCUT2D eigenvalue weighted by Crippen LogP contribution is 2.45. The fraction of sp³-hybridized carbons (Fsp3) is 0.867. The molecule has 1 aliphatic heterocycles. The van der Waals surface area contributed by atoms with E-state index < -0.39 is 0 Å². The summed E-state index contributed by atoms with van der Waals surface area (Å²) in [5, 5.41) is 10.9. The van der Waals surface area contributed by atoms with Gasteiger partial charge in [-0.25, -0.2) is 4.79 Å². The number of hydrogen-bond donors (Lipinski definition) is 2. The number of nitrogens with one attached hydrogen (secondary N) is 2. The van der Waals surface area contributed by atoms with Crippen molar-refractivity contribution in [2.24, 2.45) is 11.3 Å². The van der Waals surface area contributed by atoms with Crippen LogP contribution < -0.4 is 5.32 Å². The van der Waals surface area contributed by atoms with Crippen molar-refractivity contribution in [3.05, 3.63) is 0 Å². The van der Waals surface area contributed by atoms with E-state index in [9.17, 15) is 4.79 Å². The monoisotopic (exact) mass is 265 g/mol. The smallest absolute Gasteiger partial charge is 0.312 e. The quantitative estimate of drug-likeness (QED) is 0.790. The number of urea groups is 1. The Labute approximate surface area is 116 Å². The van der Waals surface area contributed by atoms with Crippen LogP contribution in [-0.2, 0) is 0 Å². The van der Waals surface area contributed by atoms with Crippen LogP contribution in [0.4, 0.5) is 4.79 Å². The topological polar surface area (TPSA) is 56.2 Å². The van der Waals surface area contributed by atoms with E-state index in [1.54, 1.807) is 0 Å². The Balaban J connectivity index is 2.15. The molecule has 2 fully saturated rings. The van der Waals surface area contributed by atoms with E-state index in [0.717, 1.165) is 38.6 Å². The van der Waals surface area contributed by atoms with Gasteiger partial charge in [-0.2, -0.15) is 0 Å². The van der Waals surface area contributed by atoms with Gasteiger partial charge in [-0.3, -0.25) is 10.7 Å². The Morgan fingerprint density at radius 3 is 2.42 bits per heavy atom. The molecule has 0 aromatic carbocycles. The van der Waals surface area contributed by atoms with Gasteiger partial charge in [0.25, 0.3) is 0 Å². The summed E-state index contributed by atoms with van der Waals surface area (Å²) in [5.41, 5.74) is 0.00424. The van der Waals surface area contributed by atoms with Crippen LogP contribution in [0.25, 0.3) is 0 Å². The number of nitrogens with zero attached hydrogens (tertiary/aromatic N) is 1. The molecule has 0 atom stereocenters. The summed E-state index contributed by atoms with van der Waals surface area (Å²) < 4.78 is 0. The Morgan fingerprint density at radius 2 is 1.95 bits per heavy atom. The zero-order chi connectivity index (χ0) is 14.3. The minimum absolute atomic E-state index is 0.0685. The molecule has 2 aliphatic rings. The molecule has 0 bridgehead atoms. The highest BCUT2D eigenvalue weighted by molar-refractivity contribution is 6.08. The van der Waals surface area contributed by atoms with Crippen LogP contribution >= 0.6 is 0 Å². The molecule has 4 nitrogen and oxygen atoms in total. The lowest BCUT2D eigenvalue weighted by Gasteiger charge is -2.45. The van der Waals surface area contributed by atoms with Crippen molar-refractivity contribution >= 4 is 11.9 Å². The lowest BCUT2D eigenvalue weighted by atomic mass is 9.67. The summed E-state index contributed by atoms with van der Waals surface area (Å²) in [4.78, 5) is 13.9. The first kappa shape index (κ1) is 14.4. The third-order valence-corrected chi connectivity index (χ3v) is 4.94. The van der Waals surface area contributed by atoms with Gasteiger partial charge in [0.05, 0.1) is 0 Å². The van der Waals surface area contributed by atoms with E-state index in [1.807, 2.05) is 4.90 Å². The van der Waals surface area contributed by atoms with Crippen molar-refractivity contribution in [3.8, 4) is 0 Å². The van der Waals surface area contributed by atoms with Gasteiger partial charge in [0.15, 0.2) is 0 Å². The van der Waals surface area contributed by atoms with E-state index >= 15 is 0 Å². The molecule has 1 saturated heterocycles. The summed E-state index contributed by atoms with van der Waals surface area (Å²) in [5.74, 6) is 1.13. The van der Waals surface area contributed by atoms with Crippen molar-refractivity contribution < 1.29 is 4.79 Å². The molecule has 1 aliphatic carbocycles. The van der Waals surface area contributed by atoms with Crippen molar-refractivity contribution in [2.45, 2.75) is 65.3 Å². The Hall–Kier alpha value is -1.06. The second kappa shape index (κ2) is 4.80. The van der Waals surface area contributed by atoms with Gasteiger partial charge in [0.2, 0.25) is 0 Å². The Kier molecular flexibility index (Phi) is 3.63. The summed E-state index contributed by atoms with van der Waals surface area (Å²) in [6.07, 6.45) is 5.05. The van der Waals surface area contributed by atoms with Crippen molar-refractivity contribution in [3.63, 3.8) is 0 Å². The van der Waals surface area contributed by atoms with E-state index in [4.69, 9.17) is 5.41 Å². The first-order chi connectivity index (χ1) is 8.81. The zero-order valence-corrected chi connectivity index (χ0v) is 12.7. The zero-order valence-electron chi connectivity index (χ0n) is 12.7. The van der Waals surface area contributed by atoms with Crippen LogP contribution in [0.2, 0.25) is 0 Å². The summed E-state index contributed by atoms with van der Waals surface area (Å²) in [7, 11) is 0. The predicted octanol–water partition coefficient (Wildman–Crippen LogP) is 3.37. The van der Waals surface area contributed by atoms with Gasteiger partial charge in [-0.15, -0.1) is 0 Å². The minimum Gasteiger partial charge on any atom is -0.312 e. The maximum Gasteiger partial charge on any atom is 0.323 e. The number of carbonyl (C=O) groups is 1. The van der Waals surface area contributed by atoms with Gasteiger partial charge in [0.1, 0.15) is 11.4 Å². The molecule has 0 radical (unpaired) electrons. The number of carbonyl (C=O) groups excluding carboxylic acids is 1. The van der Waals surface area contributed by atoms with Gasteiger partial charge in [0, 0.05) is 6.54 Å². The Morgan fingerprint density at radius 1 is 1.37 bits per heavy atom. The van der Waals surface area contributed by atoms with Gasteiger partial charge >= 0.3 is 6.03 Å². The van der Waals surface area contributed by atoms with Crippen molar-refractivity contribution in [1.82, 2.24) is 10.2 Å². The molecule has 1 spiro atoms. The number of amides is 2. The predicted molar refractivity (Wildman–Crippen MR) is 77.4 cm³/mol. The van der Waals surface area contributed by atoms with Gasteiger partial charge < -0.3 is 4.90 Å². The van der Waals surface area contributed by atoms with E-state index in [0.29, 0.717) is 17.2 Å². The van der Waals surface area contributed by atoms with E-state index in [2.05, 4.69) is 33.0 Å². The third-order valence-electron chi connectivity index (χ3n) is 4.94. The molecule has 2 amide bonds. The molecule has 0 unspecified atom stereocenters. The second-order valence-corrected chi connectivity index (χ2v) is 7.13. The average molecular weight is 265 g/mol. The molecule has 0 aromatic rings. The van der Waals surface area contributed by atoms with Crippen LogP contribution in [-0.4, -0.2) is 28.9 Å². The molecule has 4 heteroatoms. The first-order valence-electron chi connectivity index (χ1n) is 7.49. The van der Waals surface area contributed by atoms with Crippen LogP contribution in [0.1, 0.15) is 59.8 Å². The van der Waals surface area contributed by atoms with Crippen LogP contribution in [0.5, 0.6) is 0 Å². The maximum atomic E-state index is 12.0. The van der Waals surface area contributed by atoms with Gasteiger partial charge in [-0.1, -0.05) is 27.7 Å². The second-order valence-electron chi connectivity index (χ2n) is 7.13. The third kappa shape index (κ3) is 2.37. The van der Waals surface area contributed by atoms with Crippen molar-refractivity contribution in [1.29, 1.82) is 5.41 Å². The minimum atomic E-state index is -0.325. The molecule has 2 N–H and O–H groups in total. The molecule has 0 aromatic heterocycles. The summed E-state index contributed by atoms with van der Waals surface area (Å²) in [6.45, 7) is 9.73. The standard InChI is InChI=1S/C15H27N3O/c1-5-10-18-13(19)17-12(16)15(18)8-6-11(7-9-15)14(2,3)4/h11H,5-10H2,1-4H3,(H2,16,17,19). The summed E-state index contributed by atoms with van der Waals surface area (Å²) >= 11 is 0. The molecule has 2 rings (SSSR count). The summed E-state index contributed by atoms with van der Waals surface area (Å²) in [6, 6.07) is -0.0685. The molecule has 1 heterocycles. The number of amidine groups is 1. The molecular weight excluding hydrogens is 238 g/mol. The lowest BCUT2D eigenvalue weighted by Crippen LogP contribution is -2.52. The Bertz CT molecular complexity index is 375. The van der Waals surface area contributed by atoms with E-state index in [1.165, 1.54) is 0 Å². The van der Waals surface area contributed by atoms with E-state index in [-0.39, 0.29) is 11.6 Å². The highest BCUT2D eigenvalue weighted by atomic mass is 16.2. The maximum absolute atomic E-state index is 12.0. The SMILES string of the molecule is CCCN1C(=O)NC(=N)C12CCC(C(C)(C)C)CC2. The number of hydrogen-bond acceptors (Lipinski definition) is 2. The fourth-order valence-electron chi connectivity index (χ4n) is 3.64. The fourth-order valence-corrected chi connectivity index (χ4v) is 3.64. The molecular formula is C15H27N3O. The molecule has 19 heavy (non-hydrogen) atoms. The highest BCUT2D eigenvalue weighted by Gasteiger charge is 2.52. The number of rotatable bonds is 2. The normalized spacial score (nSPS) is 32.0.